The molecule has 2 aromatic carbocycles. The van der Waals surface area contributed by atoms with E-state index in [0.29, 0.717) is 39.0 Å². The average Bonchev–Trinajstić information content (AvgIpc) is 2.98. The lowest BCUT2D eigenvalue weighted by atomic mass is 10.1. The molecule has 30 heavy (non-hydrogen) atoms. The maximum atomic E-state index is 13.1. The van der Waals surface area contributed by atoms with Crippen LogP contribution in [0.1, 0.15) is 19.4 Å². The molecule has 0 atom stereocenters. The van der Waals surface area contributed by atoms with Gasteiger partial charge in [0.1, 0.15) is 0 Å². The molecule has 1 saturated heterocycles. The van der Waals surface area contributed by atoms with Crippen molar-refractivity contribution < 1.29 is 14.3 Å². The van der Waals surface area contributed by atoms with Gasteiger partial charge in [0, 0.05) is 19.8 Å². The molecular formula is C22H23ClN2O3S2. The highest BCUT2D eigenvalue weighted by Crippen LogP contribution is 2.40. The Morgan fingerprint density at radius 2 is 1.80 bits per heavy atom. The van der Waals surface area contributed by atoms with Crippen molar-refractivity contribution in [2.75, 3.05) is 37.1 Å². The highest BCUT2D eigenvalue weighted by Gasteiger charge is 2.33. The topological polar surface area (TPSA) is 42.0 Å². The standard InChI is InChI=1S/C22H23ClN2O3S2/c1-5-27-18-12-14(11-17(23)20(18)28-6-2)13-19-21(26)25(22(29)30-19)16-9-7-15(8-10-16)24(3)4/h7-13H,5-6H2,1-4H3/b19-13+. The van der Waals surface area contributed by atoms with Crippen molar-refractivity contribution in [3.63, 3.8) is 0 Å². The van der Waals surface area contributed by atoms with Crippen molar-refractivity contribution in [3.8, 4) is 11.5 Å². The number of rotatable bonds is 7. The molecular weight excluding hydrogens is 440 g/mol. The summed E-state index contributed by atoms with van der Waals surface area (Å²) in [7, 11) is 3.94. The minimum Gasteiger partial charge on any atom is -0.490 e. The van der Waals surface area contributed by atoms with Gasteiger partial charge in [0.2, 0.25) is 0 Å². The van der Waals surface area contributed by atoms with Crippen molar-refractivity contribution in [1.82, 2.24) is 0 Å². The molecule has 1 aliphatic heterocycles. The first-order valence-corrected chi connectivity index (χ1v) is 11.1. The van der Waals surface area contributed by atoms with E-state index in [0.717, 1.165) is 16.9 Å². The summed E-state index contributed by atoms with van der Waals surface area (Å²) < 4.78 is 11.8. The summed E-state index contributed by atoms with van der Waals surface area (Å²) in [6.07, 6.45) is 1.78. The minimum absolute atomic E-state index is 0.162. The van der Waals surface area contributed by atoms with E-state index in [1.807, 2.05) is 63.2 Å². The molecule has 0 aliphatic carbocycles. The molecule has 0 bridgehead atoms. The first-order chi connectivity index (χ1) is 14.3. The van der Waals surface area contributed by atoms with Crippen LogP contribution in [0, 0.1) is 0 Å². The van der Waals surface area contributed by atoms with Gasteiger partial charge in [-0.05, 0) is 61.9 Å². The number of nitrogens with zero attached hydrogens (tertiary/aromatic N) is 2. The number of carbonyl (C=O) groups excluding carboxylic acids is 1. The monoisotopic (exact) mass is 462 g/mol. The number of amides is 1. The summed E-state index contributed by atoms with van der Waals surface area (Å²) in [5, 5.41) is 0.434. The second-order valence-electron chi connectivity index (χ2n) is 6.62. The van der Waals surface area contributed by atoms with Gasteiger partial charge in [-0.1, -0.05) is 35.6 Å². The third kappa shape index (κ3) is 4.74. The Kier molecular flexibility index (Phi) is 7.28. The van der Waals surface area contributed by atoms with Crippen molar-refractivity contribution >= 4 is 63.3 Å². The van der Waals surface area contributed by atoms with Crippen LogP contribution in [-0.2, 0) is 4.79 Å². The fourth-order valence-electron chi connectivity index (χ4n) is 2.96. The molecule has 0 spiro atoms. The SMILES string of the molecule is CCOc1cc(/C=C2/SC(=S)N(c3ccc(N(C)C)cc3)C2=O)cc(Cl)c1OCC. The number of carbonyl (C=O) groups is 1. The average molecular weight is 463 g/mol. The third-order valence-electron chi connectivity index (χ3n) is 4.34. The number of thioether (sulfide) groups is 1. The van der Waals surface area contributed by atoms with E-state index in [1.54, 1.807) is 17.0 Å². The molecule has 0 unspecified atom stereocenters. The zero-order valence-electron chi connectivity index (χ0n) is 17.3. The zero-order valence-corrected chi connectivity index (χ0v) is 19.7. The van der Waals surface area contributed by atoms with Crippen molar-refractivity contribution in [3.05, 3.63) is 51.9 Å². The number of thiocarbonyl (C=S) groups is 1. The van der Waals surface area contributed by atoms with Crippen LogP contribution in [-0.4, -0.2) is 37.5 Å². The predicted molar refractivity (Wildman–Crippen MR) is 130 cm³/mol. The molecule has 0 radical (unpaired) electrons. The second-order valence-corrected chi connectivity index (χ2v) is 8.71. The third-order valence-corrected chi connectivity index (χ3v) is 5.92. The van der Waals surface area contributed by atoms with Crippen LogP contribution in [0.3, 0.4) is 0 Å². The van der Waals surface area contributed by atoms with E-state index in [2.05, 4.69) is 0 Å². The minimum atomic E-state index is -0.162. The molecule has 0 N–H and O–H groups in total. The van der Waals surface area contributed by atoms with Gasteiger partial charge in [0.05, 0.1) is 28.8 Å². The van der Waals surface area contributed by atoms with Gasteiger partial charge in [-0.25, -0.2) is 0 Å². The molecule has 158 valence electrons. The van der Waals surface area contributed by atoms with Crippen molar-refractivity contribution in [2.45, 2.75) is 13.8 Å². The summed E-state index contributed by atoms with van der Waals surface area (Å²) in [6.45, 7) is 4.73. The fourth-order valence-corrected chi connectivity index (χ4v) is 4.53. The van der Waals surface area contributed by atoms with E-state index >= 15 is 0 Å². The largest absolute Gasteiger partial charge is 0.490 e. The first-order valence-electron chi connectivity index (χ1n) is 9.50. The van der Waals surface area contributed by atoms with E-state index in [4.69, 9.17) is 33.3 Å². The molecule has 0 aromatic heterocycles. The van der Waals surface area contributed by atoms with Crippen LogP contribution in [0.2, 0.25) is 5.02 Å². The molecule has 2 aromatic rings. The molecule has 1 aliphatic rings. The summed E-state index contributed by atoms with van der Waals surface area (Å²) in [4.78, 5) is 17.1. The summed E-state index contributed by atoms with van der Waals surface area (Å²) >= 11 is 13.1. The van der Waals surface area contributed by atoms with Crippen LogP contribution < -0.4 is 19.3 Å². The van der Waals surface area contributed by atoms with Gasteiger partial charge < -0.3 is 14.4 Å². The van der Waals surface area contributed by atoms with Crippen LogP contribution in [0.25, 0.3) is 6.08 Å². The second kappa shape index (κ2) is 9.73. The molecule has 5 nitrogen and oxygen atoms in total. The Hall–Kier alpha value is -2.22. The number of benzene rings is 2. The maximum Gasteiger partial charge on any atom is 0.270 e. The Morgan fingerprint density at radius 1 is 1.13 bits per heavy atom. The number of halogens is 1. The molecule has 8 heteroatoms. The number of hydrogen-bond acceptors (Lipinski definition) is 6. The van der Waals surface area contributed by atoms with E-state index in [9.17, 15) is 4.79 Å². The van der Waals surface area contributed by atoms with Gasteiger partial charge in [0.15, 0.2) is 15.8 Å². The maximum absolute atomic E-state index is 13.1. The van der Waals surface area contributed by atoms with Crippen LogP contribution >= 0.6 is 35.6 Å². The number of ether oxygens (including phenoxy) is 2. The summed E-state index contributed by atoms with van der Waals surface area (Å²) in [6, 6.07) is 11.3. The van der Waals surface area contributed by atoms with Crippen LogP contribution in [0.5, 0.6) is 11.5 Å². The van der Waals surface area contributed by atoms with Crippen molar-refractivity contribution in [2.24, 2.45) is 0 Å². The number of hydrogen-bond donors (Lipinski definition) is 0. The number of anilines is 2. The smallest absolute Gasteiger partial charge is 0.270 e. The molecule has 3 rings (SSSR count). The lowest BCUT2D eigenvalue weighted by Crippen LogP contribution is -2.27. The zero-order chi connectivity index (χ0) is 21.8. The quantitative estimate of drug-likeness (QED) is 0.393. The summed E-state index contributed by atoms with van der Waals surface area (Å²) in [5.74, 6) is 0.894. The van der Waals surface area contributed by atoms with E-state index < -0.39 is 0 Å². The lowest BCUT2D eigenvalue weighted by molar-refractivity contribution is -0.113. The Morgan fingerprint density at radius 3 is 2.40 bits per heavy atom. The predicted octanol–water partition coefficient (Wildman–Crippen LogP) is 5.61. The van der Waals surface area contributed by atoms with Gasteiger partial charge in [-0.2, -0.15) is 0 Å². The van der Waals surface area contributed by atoms with Crippen LogP contribution in [0.4, 0.5) is 11.4 Å². The molecule has 1 amide bonds. The highest BCUT2D eigenvalue weighted by molar-refractivity contribution is 8.27. The fraction of sp³-hybridized carbons (Fsp3) is 0.273. The lowest BCUT2D eigenvalue weighted by Gasteiger charge is -2.17. The molecule has 0 saturated carbocycles. The summed E-state index contributed by atoms with van der Waals surface area (Å²) in [5.41, 5.74) is 2.54. The Labute approximate surface area is 191 Å². The molecule has 1 fully saturated rings. The van der Waals surface area contributed by atoms with Gasteiger partial charge >= 0.3 is 0 Å². The van der Waals surface area contributed by atoms with E-state index in [1.165, 1.54) is 11.8 Å². The Bertz CT molecular complexity index is 991. The first kappa shape index (κ1) is 22.5. The van der Waals surface area contributed by atoms with Gasteiger partial charge in [0.25, 0.3) is 5.91 Å². The highest BCUT2D eigenvalue weighted by atomic mass is 35.5. The van der Waals surface area contributed by atoms with E-state index in [-0.39, 0.29) is 5.91 Å². The van der Waals surface area contributed by atoms with Gasteiger partial charge in [-0.15, -0.1) is 0 Å². The van der Waals surface area contributed by atoms with Gasteiger partial charge in [-0.3, -0.25) is 9.69 Å². The normalized spacial score (nSPS) is 15.1. The molecule has 1 heterocycles. The Balaban J connectivity index is 1.91. The van der Waals surface area contributed by atoms with Crippen LogP contribution in [0.15, 0.2) is 41.3 Å². The van der Waals surface area contributed by atoms with Crippen molar-refractivity contribution in [1.29, 1.82) is 0 Å².